The molecule has 2 fully saturated rings. The third-order valence-corrected chi connectivity index (χ3v) is 5.43. The molecule has 1 aromatic rings. The molecule has 2 aliphatic carbocycles. The fourth-order valence-corrected chi connectivity index (χ4v) is 3.92. The maximum Gasteiger partial charge on any atom is 0.330 e. The van der Waals surface area contributed by atoms with E-state index in [1.165, 1.54) is 4.90 Å². The van der Waals surface area contributed by atoms with E-state index in [0.29, 0.717) is 35.7 Å². The number of benzene rings is 1. The predicted octanol–water partition coefficient (Wildman–Crippen LogP) is 3.88. The van der Waals surface area contributed by atoms with Crippen LogP contribution in [0.1, 0.15) is 46.0 Å². The van der Waals surface area contributed by atoms with Crippen molar-refractivity contribution in [2.75, 3.05) is 4.90 Å². The minimum atomic E-state index is -1.38. The van der Waals surface area contributed by atoms with Gasteiger partial charge in [-0.25, -0.2) is 4.79 Å². The number of carboxylic acid groups (broad SMARTS) is 1. The standard InChI is InChI=1S/C20H22ClNO4/c1-4-17(23)22(20(18(24)25)10-9-19(2,3)12-20)13-5-8-16(15(21)11-13)26-14-6-7-14/h1,5,8,11,14H,6-7,9-10,12H2,2-3H3,(H,24,25). The maximum atomic E-state index is 12.6. The summed E-state index contributed by atoms with van der Waals surface area (Å²) < 4.78 is 5.72. The second-order valence-electron chi connectivity index (χ2n) is 7.89. The van der Waals surface area contributed by atoms with Gasteiger partial charge in [0.15, 0.2) is 0 Å². The van der Waals surface area contributed by atoms with Crippen molar-refractivity contribution in [1.82, 2.24) is 0 Å². The van der Waals surface area contributed by atoms with Crippen molar-refractivity contribution in [2.45, 2.75) is 57.6 Å². The van der Waals surface area contributed by atoms with E-state index in [9.17, 15) is 14.7 Å². The highest BCUT2D eigenvalue weighted by molar-refractivity contribution is 6.32. The highest BCUT2D eigenvalue weighted by Gasteiger charge is 2.54. The van der Waals surface area contributed by atoms with Crippen molar-refractivity contribution in [3.63, 3.8) is 0 Å². The monoisotopic (exact) mass is 375 g/mol. The molecule has 0 spiro atoms. The van der Waals surface area contributed by atoms with Gasteiger partial charge in [-0.05, 0) is 61.6 Å². The van der Waals surface area contributed by atoms with Crippen LogP contribution >= 0.6 is 11.6 Å². The number of halogens is 1. The van der Waals surface area contributed by atoms with Crippen LogP contribution in [-0.2, 0) is 9.59 Å². The smallest absolute Gasteiger partial charge is 0.330 e. The summed E-state index contributed by atoms with van der Waals surface area (Å²) >= 11 is 6.32. The number of carbonyl (C=O) groups is 2. The molecule has 6 heteroatoms. The Morgan fingerprint density at radius 1 is 1.35 bits per heavy atom. The Morgan fingerprint density at radius 3 is 2.50 bits per heavy atom. The van der Waals surface area contributed by atoms with E-state index in [4.69, 9.17) is 22.8 Å². The van der Waals surface area contributed by atoms with Crippen molar-refractivity contribution in [1.29, 1.82) is 0 Å². The molecular formula is C20H22ClNO4. The van der Waals surface area contributed by atoms with E-state index in [0.717, 1.165) is 12.8 Å². The molecule has 1 unspecified atom stereocenters. The number of carbonyl (C=O) groups excluding carboxylic acids is 1. The third-order valence-electron chi connectivity index (χ3n) is 5.13. The average molecular weight is 376 g/mol. The summed E-state index contributed by atoms with van der Waals surface area (Å²) in [5.74, 6) is 0.865. The number of aliphatic carboxylic acids is 1. The van der Waals surface area contributed by atoms with Gasteiger partial charge >= 0.3 is 11.9 Å². The first-order valence-electron chi connectivity index (χ1n) is 8.69. The van der Waals surface area contributed by atoms with Gasteiger partial charge in [0.1, 0.15) is 11.3 Å². The van der Waals surface area contributed by atoms with Crippen LogP contribution < -0.4 is 9.64 Å². The molecule has 0 heterocycles. The molecule has 5 nitrogen and oxygen atoms in total. The average Bonchev–Trinajstić information content (AvgIpc) is 3.32. The van der Waals surface area contributed by atoms with Gasteiger partial charge in [-0.1, -0.05) is 25.4 Å². The van der Waals surface area contributed by atoms with Crippen molar-refractivity contribution < 1.29 is 19.4 Å². The summed E-state index contributed by atoms with van der Waals surface area (Å²) in [4.78, 5) is 26.0. The normalized spacial score (nSPS) is 23.9. The van der Waals surface area contributed by atoms with Crippen LogP contribution in [0, 0.1) is 17.8 Å². The summed E-state index contributed by atoms with van der Waals surface area (Å²) in [6.07, 6.45) is 8.87. The lowest BCUT2D eigenvalue weighted by Crippen LogP contribution is -2.56. The van der Waals surface area contributed by atoms with Gasteiger partial charge in [0.2, 0.25) is 0 Å². The van der Waals surface area contributed by atoms with Crippen molar-refractivity contribution >= 4 is 29.2 Å². The second-order valence-corrected chi connectivity index (χ2v) is 8.30. The first kappa shape index (κ1) is 18.6. The molecule has 0 bridgehead atoms. The number of amides is 1. The molecule has 1 amide bonds. The molecule has 0 aliphatic heterocycles. The topological polar surface area (TPSA) is 66.8 Å². The number of hydrogen-bond acceptors (Lipinski definition) is 3. The Morgan fingerprint density at radius 2 is 2.04 bits per heavy atom. The lowest BCUT2D eigenvalue weighted by atomic mass is 9.86. The molecule has 138 valence electrons. The molecule has 1 N–H and O–H groups in total. The number of anilines is 1. The van der Waals surface area contributed by atoms with Gasteiger partial charge in [-0.15, -0.1) is 6.42 Å². The first-order chi connectivity index (χ1) is 12.2. The summed E-state index contributed by atoms with van der Waals surface area (Å²) in [5, 5.41) is 10.3. The number of carboxylic acids is 1. The zero-order valence-corrected chi connectivity index (χ0v) is 15.7. The highest BCUT2D eigenvalue weighted by Crippen LogP contribution is 2.49. The van der Waals surface area contributed by atoms with Gasteiger partial charge in [0, 0.05) is 5.69 Å². The van der Waals surface area contributed by atoms with Gasteiger partial charge in [0.05, 0.1) is 11.1 Å². The molecule has 1 aromatic carbocycles. The van der Waals surface area contributed by atoms with E-state index in [2.05, 4.69) is 5.92 Å². The Hall–Kier alpha value is -2.19. The molecule has 0 saturated heterocycles. The van der Waals surface area contributed by atoms with E-state index in [-0.39, 0.29) is 11.5 Å². The van der Waals surface area contributed by atoms with E-state index in [1.54, 1.807) is 18.2 Å². The van der Waals surface area contributed by atoms with Gasteiger partial charge in [-0.2, -0.15) is 0 Å². The number of ether oxygens (including phenoxy) is 1. The van der Waals surface area contributed by atoms with Crippen LogP contribution in [0.3, 0.4) is 0 Å². The van der Waals surface area contributed by atoms with Crippen molar-refractivity contribution in [3.05, 3.63) is 23.2 Å². The SMILES string of the molecule is C#CC(=O)N(c1ccc(OC2CC2)c(Cl)c1)C1(C(=O)O)CCC(C)(C)C1. The summed E-state index contributed by atoms with van der Waals surface area (Å²) in [7, 11) is 0. The third kappa shape index (κ3) is 3.39. The summed E-state index contributed by atoms with van der Waals surface area (Å²) in [6.45, 7) is 3.99. The predicted molar refractivity (Wildman–Crippen MR) is 99.4 cm³/mol. The lowest BCUT2D eigenvalue weighted by molar-refractivity contribution is -0.145. The minimum absolute atomic E-state index is 0.183. The van der Waals surface area contributed by atoms with Crippen LogP contribution in [0.15, 0.2) is 18.2 Å². The van der Waals surface area contributed by atoms with Crippen molar-refractivity contribution in [2.24, 2.45) is 5.41 Å². The largest absolute Gasteiger partial charge is 0.489 e. The fourth-order valence-electron chi connectivity index (χ4n) is 3.70. The van der Waals surface area contributed by atoms with Crippen LogP contribution in [-0.4, -0.2) is 28.6 Å². The minimum Gasteiger partial charge on any atom is -0.489 e. The fraction of sp³-hybridized carbons (Fsp3) is 0.500. The van der Waals surface area contributed by atoms with Crippen LogP contribution in [0.5, 0.6) is 5.75 Å². The summed E-state index contributed by atoms with van der Waals surface area (Å²) in [6, 6.07) is 4.88. The Balaban J connectivity index is 2.03. The number of rotatable bonds is 5. The highest BCUT2D eigenvalue weighted by atomic mass is 35.5. The maximum absolute atomic E-state index is 12.6. The van der Waals surface area contributed by atoms with E-state index in [1.807, 2.05) is 13.8 Å². The van der Waals surface area contributed by atoms with E-state index >= 15 is 0 Å². The zero-order valence-electron chi connectivity index (χ0n) is 14.9. The quantitative estimate of drug-likeness (QED) is 0.793. The number of hydrogen-bond donors (Lipinski definition) is 1. The first-order valence-corrected chi connectivity index (χ1v) is 9.07. The number of terminal acetylenes is 1. The van der Waals surface area contributed by atoms with Crippen LogP contribution in [0.25, 0.3) is 0 Å². The number of nitrogens with zero attached hydrogens (tertiary/aromatic N) is 1. The molecule has 1 atom stereocenters. The van der Waals surface area contributed by atoms with E-state index < -0.39 is 17.4 Å². The Kier molecular flexibility index (Phi) is 4.66. The molecule has 3 rings (SSSR count). The summed E-state index contributed by atoms with van der Waals surface area (Å²) in [5.41, 5.74) is -1.21. The molecule has 0 radical (unpaired) electrons. The Labute approximate surface area is 158 Å². The molecular weight excluding hydrogens is 354 g/mol. The second kappa shape index (κ2) is 6.51. The van der Waals surface area contributed by atoms with Gasteiger partial charge < -0.3 is 9.84 Å². The molecule has 26 heavy (non-hydrogen) atoms. The van der Waals surface area contributed by atoms with Crippen molar-refractivity contribution in [3.8, 4) is 18.1 Å². The molecule has 2 aliphatic rings. The van der Waals surface area contributed by atoms with Gasteiger partial charge in [-0.3, -0.25) is 9.69 Å². The lowest BCUT2D eigenvalue weighted by Gasteiger charge is -2.38. The van der Waals surface area contributed by atoms with Gasteiger partial charge in [0.25, 0.3) is 0 Å². The van der Waals surface area contributed by atoms with Crippen LogP contribution in [0.2, 0.25) is 5.02 Å². The molecule has 2 saturated carbocycles. The molecule has 0 aromatic heterocycles. The zero-order chi connectivity index (χ0) is 19.1. The van der Waals surface area contributed by atoms with Crippen LogP contribution in [0.4, 0.5) is 5.69 Å². The Bertz CT molecular complexity index is 793.